The number of nitrogens with one attached hydrogen (secondary N) is 4. The Balaban J connectivity index is 5.16. The van der Waals surface area contributed by atoms with Crippen LogP contribution in [-0.2, 0) is 67.1 Å². The summed E-state index contributed by atoms with van der Waals surface area (Å²) in [5.41, 5.74) is 0. The van der Waals surface area contributed by atoms with Crippen molar-refractivity contribution in [3.05, 3.63) is 0 Å². The van der Waals surface area contributed by atoms with Gasteiger partial charge in [-0.25, -0.2) is 9.59 Å². The average molecular weight is 1130 g/mol. The molecule has 7 atom stereocenters. The molecule has 0 aliphatic rings. The van der Waals surface area contributed by atoms with Crippen molar-refractivity contribution < 1.29 is 108 Å². The van der Waals surface area contributed by atoms with Gasteiger partial charge in [0, 0.05) is 70.1 Å². The summed E-state index contributed by atoms with van der Waals surface area (Å²) in [5, 5.41) is 85.3. The van der Waals surface area contributed by atoms with Gasteiger partial charge in [-0.05, 0) is 51.9 Å². The molecule has 0 unspecified atom stereocenters. The van der Waals surface area contributed by atoms with E-state index in [9.17, 15) is 103 Å². The molecule has 0 heterocycles. The van der Waals surface area contributed by atoms with Crippen LogP contribution in [0.25, 0.3) is 0 Å². The Morgan fingerprint density at radius 3 is 1.06 bits per heavy atom. The molecule has 0 saturated carbocycles. The number of aliphatic hydroxyl groups is 2. The van der Waals surface area contributed by atoms with E-state index in [2.05, 4.69) is 21.3 Å². The third-order valence-corrected chi connectivity index (χ3v) is 13.2. The number of unbranched alkanes of at least 4 members (excludes halogenated alkanes) is 13. The number of Topliss-reactive ketones (excluding diaryl/α,β-unsaturated/α-hetero) is 4. The standard InChI is InChI=1S/C53H84N4O22/c1-33(60)18-23-38(52(76)77)55-45(65)26-20-36(51(74)75)30-43(63)41(32-59)57-49(71)34(21-27-48(69)70)29-42(62)40(31-58)56-46(66)25-19-35(50(72)73)28-37(61)22-24-39(53(78)79)54-44(64)16-14-12-10-8-6-4-2-3-5-7-9-11-13-15-17-47(67)68/h34-36,38-41,58-59H,2-32H2,1H3,(H,54,64)(H,55,65)(H,56,66)(H,57,71)(H,67,68)(H,69,70)(H,72,73)(H,74,75)(H,76,77)(H,78,79)/t34-,35-,36-,38+,39+,40+,41+/m1/s1. The number of hydrogen-bond acceptors (Lipinski definition) is 16. The van der Waals surface area contributed by atoms with Crippen molar-refractivity contribution in [1.82, 2.24) is 21.3 Å². The minimum Gasteiger partial charge on any atom is -0.481 e. The van der Waals surface area contributed by atoms with E-state index in [0.29, 0.717) is 6.42 Å². The van der Waals surface area contributed by atoms with Gasteiger partial charge in [-0.1, -0.05) is 77.0 Å². The van der Waals surface area contributed by atoms with Crippen molar-refractivity contribution >= 4 is 82.6 Å². The summed E-state index contributed by atoms with van der Waals surface area (Å²) in [5.74, 6) is -19.2. The SMILES string of the molecule is CC(=O)CC[C@H](NC(=O)CC[C@H](CC(=O)[C@H](CO)NC(=O)[C@H](CCC(=O)O)CC(=O)[C@H](CO)NC(=O)CC[C@H](CC(=O)CC[C@H](NC(=O)CCCCCCCCCCCCCCCCC(=O)O)C(=O)O)C(=O)O)C(=O)O)C(=O)O. The molecule has 79 heavy (non-hydrogen) atoms. The van der Waals surface area contributed by atoms with Crippen molar-refractivity contribution in [2.45, 2.75) is 217 Å². The van der Waals surface area contributed by atoms with Crippen LogP contribution in [0.5, 0.6) is 0 Å². The maximum atomic E-state index is 13.4. The minimum absolute atomic E-state index is 0.0766. The van der Waals surface area contributed by atoms with Gasteiger partial charge in [0.1, 0.15) is 35.7 Å². The number of aliphatic hydroxyl groups excluding tert-OH is 2. The number of carbonyl (C=O) groups is 14. The molecule has 26 nitrogen and oxygen atoms in total. The van der Waals surface area contributed by atoms with E-state index in [1.54, 1.807) is 0 Å². The summed E-state index contributed by atoms with van der Waals surface area (Å²) in [6.07, 6.45) is 7.28. The second-order valence-corrected chi connectivity index (χ2v) is 19.9. The minimum atomic E-state index is -1.80. The lowest BCUT2D eigenvalue weighted by atomic mass is 9.91. The summed E-state index contributed by atoms with van der Waals surface area (Å²) in [6.45, 7) is -0.929. The molecule has 4 amide bonds. The molecule has 0 aliphatic heterocycles. The van der Waals surface area contributed by atoms with Crippen LogP contribution in [0.4, 0.5) is 0 Å². The maximum absolute atomic E-state index is 13.4. The zero-order chi connectivity index (χ0) is 59.9. The molecule has 0 fully saturated rings. The smallest absolute Gasteiger partial charge is 0.326 e. The van der Waals surface area contributed by atoms with E-state index in [1.807, 2.05) is 0 Å². The van der Waals surface area contributed by atoms with Crippen LogP contribution in [0.3, 0.4) is 0 Å². The van der Waals surface area contributed by atoms with Crippen LogP contribution in [0.15, 0.2) is 0 Å². The quantitative estimate of drug-likeness (QED) is 0.0390. The number of aliphatic carboxylic acids is 6. The number of carboxylic acids is 6. The van der Waals surface area contributed by atoms with Crippen LogP contribution in [0.1, 0.15) is 193 Å². The Bertz CT molecular complexity index is 2030. The first-order valence-corrected chi connectivity index (χ1v) is 27.1. The normalized spacial score (nSPS) is 13.7. The van der Waals surface area contributed by atoms with E-state index >= 15 is 0 Å². The molecular formula is C53H84N4O22. The van der Waals surface area contributed by atoms with Crippen LogP contribution in [0, 0.1) is 17.8 Å². The molecule has 0 aromatic carbocycles. The average Bonchev–Trinajstić information content (AvgIpc) is 3.37. The van der Waals surface area contributed by atoms with Crippen LogP contribution in [0.2, 0.25) is 0 Å². The van der Waals surface area contributed by atoms with Crippen LogP contribution < -0.4 is 21.3 Å². The Morgan fingerprint density at radius 1 is 0.329 bits per heavy atom. The van der Waals surface area contributed by atoms with Crippen molar-refractivity contribution in [3.63, 3.8) is 0 Å². The van der Waals surface area contributed by atoms with E-state index in [0.717, 1.165) is 83.5 Å². The van der Waals surface area contributed by atoms with Gasteiger partial charge in [-0.3, -0.25) is 52.7 Å². The molecule has 0 aromatic heterocycles. The summed E-state index contributed by atoms with van der Waals surface area (Å²) in [6, 6.07) is -6.39. The lowest BCUT2D eigenvalue weighted by Gasteiger charge is -2.23. The molecule has 0 saturated heterocycles. The maximum Gasteiger partial charge on any atom is 0.326 e. The van der Waals surface area contributed by atoms with Gasteiger partial charge in [-0.15, -0.1) is 0 Å². The number of ketones is 4. The molecule has 0 radical (unpaired) electrons. The monoisotopic (exact) mass is 1130 g/mol. The van der Waals surface area contributed by atoms with Crippen molar-refractivity contribution in [2.24, 2.45) is 17.8 Å². The highest BCUT2D eigenvalue weighted by molar-refractivity contribution is 5.96. The second-order valence-electron chi connectivity index (χ2n) is 19.9. The highest BCUT2D eigenvalue weighted by Gasteiger charge is 2.33. The number of amides is 4. The molecule has 0 rings (SSSR count). The molecular weight excluding hydrogens is 1040 g/mol. The highest BCUT2D eigenvalue weighted by atomic mass is 16.4. The third kappa shape index (κ3) is 36.2. The Morgan fingerprint density at radius 2 is 0.671 bits per heavy atom. The molecule has 0 aromatic rings. The molecule has 26 heteroatoms. The van der Waals surface area contributed by atoms with E-state index < -0.39 is 196 Å². The van der Waals surface area contributed by atoms with Gasteiger partial charge in [0.25, 0.3) is 0 Å². The second kappa shape index (κ2) is 42.3. The predicted molar refractivity (Wildman–Crippen MR) is 278 cm³/mol. The van der Waals surface area contributed by atoms with Gasteiger partial charge in [-0.2, -0.15) is 0 Å². The lowest BCUT2D eigenvalue weighted by Crippen LogP contribution is -2.48. The first-order chi connectivity index (χ1) is 37.3. The molecule has 0 spiro atoms. The molecule has 0 bridgehead atoms. The molecule has 12 N–H and O–H groups in total. The van der Waals surface area contributed by atoms with Gasteiger partial charge < -0.3 is 66.9 Å². The predicted octanol–water partition coefficient (Wildman–Crippen LogP) is 2.88. The fraction of sp³-hybridized carbons (Fsp3) is 0.736. The zero-order valence-corrected chi connectivity index (χ0v) is 45.3. The highest BCUT2D eigenvalue weighted by Crippen LogP contribution is 2.20. The first kappa shape index (κ1) is 72.3. The van der Waals surface area contributed by atoms with Crippen molar-refractivity contribution in [1.29, 1.82) is 0 Å². The molecule has 0 aliphatic carbocycles. The summed E-state index contributed by atoms with van der Waals surface area (Å²) in [7, 11) is 0. The van der Waals surface area contributed by atoms with E-state index in [-0.39, 0.29) is 37.9 Å². The van der Waals surface area contributed by atoms with Crippen LogP contribution in [-0.4, -0.2) is 161 Å². The summed E-state index contributed by atoms with van der Waals surface area (Å²) < 4.78 is 0. The van der Waals surface area contributed by atoms with Gasteiger partial charge in [0.15, 0.2) is 11.6 Å². The van der Waals surface area contributed by atoms with E-state index in [1.165, 1.54) is 6.92 Å². The largest absolute Gasteiger partial charge is 0.481 e. The third-order valence-electron chi connectivity index (χ3n) is 13.2. The molecule has 448 valence electrons. The van der Waals surface area contributed by atoms with Gasteiger partial charge in [0.05, 0.1) is 25.0 Å². The van der Waals surface area contributed by atoms with E-state index in [4.69, 9.17) is 5.11 Å². The first-order valence-electron chi connectivity index (χ1n) is 27.1. The fourth-order valence-electron chi connectivity index (χ4n) is 8.40. The Labute approximate surface area is 459 Å². The fourth-order valence-corrected chi connectivity index (χ4v) is 8.40. The summed E-state index contributed by atoms with van der Waals surface area (Å²) >= 11 is 0. The topological polar surface area (TPSA) is 449 Å². The lowest BCUT2D eigenvalue weighted by molar-refractivity contribution is -0.145. The zero-order valence-electron chi connectivity index (χ0n) is 45.3. The Kier molecular flexibility index (Phi) is 38.7. The number of rotatable bonds is 51. The van der Waals surface area contributed by atoms with Crippen molar-refractivity contribution in [2.75, 3.05) is 13.2 Å². The van der Waals surface area contributed by atoms with Crippen molar-refractivity contribution in [3.8, 4) is 0 Å². The Hall–Kier alpha value is -6.70. The van der Waals surface area contributed by atoms with Gasteiger partial charge >= 0.3 is 35.8 Å². The number of carboxylic acid groups (broad SMARTS) is 6. The summed E-state index contributed by atoms with van der Waals surface area (Å²) in [4.78, 5) is 171. The van der Waals surface area contributed by atoms with Crippen LogP contribution >= 0.6 is 0 Å². The number of hydrogen-bond donors (Lipinski definition) is 12. The van der Waals surface area contributed by atoms with Gasteiger partial charge in [0.2, 0.25) is 23.6 Å². The number of carbonyl (C=O) groups excluding carboxylic acids is 8.